The van der Waals surface area contributed by atoms with Crippen LogP contribution >= 0.6 is 0 Å². The topological polar surface area (TPSA) is 107 Å². The van der Waals surface area contributed by atoms with E-state index in [4.69, 9.17) is 13.8 Å². The maximum Gasteiger partial charge on any atom is 0.227 e. The van der Waals surface area contributed by atoms with E-state index in [2.05, 4.69) is 20.3 Å². The average molecular weight is 425 g/mol. The summed E-state index contributed by atoms with van der Waals surface area (Å²) in [4.78, 5) is 23.5. The molecular formula is C22H27N5O4. The van der Waals surface area contributed by atoms with Gasteiger partial charge in [0.2, 0.25) is 23.5 Å². The lowest BCUT2D eigenvalue weighted by Gasteiger charge is -2.39. The maximum absolute atomic E-state index is 12.8. The number of piperidine rings is 1. The van der Waals surface area contributed by atoms with Crippen molar-refractivity contribution in [2.45, 2.75) is 44.4 Å². The van der Waals surface area contributed by atoms with E-state index in [9.17, 15) is 4.79 Å². The van der Waals surface area contributed by atoms with Crippen LogP contribution in [0.4, 0.5) is 0 Å². The molecule has 1 amide bonds. The summed E-state index contributed by atoms with van der Waals surface area (Å²) in [6, 6.07) is 9.64. The Morgan fingerprint density at radius 3 is 2.58 bits per heavy atom. The van der Waals surface area contributed by atoms with Gasteiger partial charge in [0.05, 0.1) is 0 Å². The number of carbonyl (C=O) groups excluding carboxylic acids is 1. The van der Waals surface area contributed by atoms with Gasteiger partial charge in [-0.15, -0.1) is 0 Å². The Kier molecular flexibility index (Phi) is 6.41. The van der Waals surface area contributed by atoms with E-state index in [0.29, 0.717) is 56.0 Å². The zero-order valence-electron chi connectivity index (χ0n) is 17.9. The second kappa shape index (κ2) is 9.38. The van der Waals surface area contributed by atoms with Crippen LogP contribution in [0.25, 0.3) is 11.4 Å². The molecule has 2 aromatic heterocycles. The molecule has 31 heavy (non-hydrogen) atoms. The Morgan fingerprint density at radius 2 is 1.90 bits per heavy atom. The molecule has 0 unspecified atom stereocenters. The van der Waals surface area contributed by atoms with Crippen LogP contribution in [0.1, 0.15) is 43.3 Å². The highest BCUT2D eigenvalue weighted by Gasteiger charge is 2.40. The summed E-state index contributed by atoms with van der Waals surface area (Å²) in [5.74, 6) is 2.37. The minimum atomic E-state index is -0.221. The Morgan fingerprint density at radius 1 is 1.13 bits per heavy atom. The smallest absolute Gasteiger partial charge is 0.227 e. The highest BCUT2D eigenvalue weighted by molar-refractivity contribution is 5.76. The number of hydrogen-bond acceptors (Lipinski definition) is 8. The molecule has 0 bridgehead atoms. The Labute approximate surface area is 180 Å². The number of hydrogen-bond donors (Lipinski definition) is 0. The molecule has 1 saturated heterocycles. The number of benzene rings is 1. The Bertz CT molecular complexity index is 992. The standard InChI is InChI=1S/C22H27N5O4/c1-16-23-21(26-30-16)22(12-15-29-2)10-13-27(14-11-22)19(28)9-8-18-24-20(25-31-18)17-6-4-3-5-7-17/h3-7H,8-15H2,1-2H3. The van der Waals surface area contributed by atoms with E-state index in [1.54, 1.807) is 14.0 Å². The van der Waals surface area contributed by atoms with Crippen molar-refractivity contribution in [1.82, 2.24) is 25.2 Å². The van der Waals surface area contributed by atoms with Crippen LogP contribution in [0.15, 0.2) is 39.4 Å². The molecule has 4 rings (SSSR count). The molecule has 3 heterocycles. The third kappa shape index (κ3) is 4.82. The van der Waals surface area contributed by atoms with Crippen molar-refractivity contribution in [1.29, 1.82) is 0 Å². The fraction of sp³-hybridized carbons (Fsp3) is 0.500. The second-order valence-electron chi connectivity index (χ2n) is 7.92. The van der Waals surface area contributed by atoms with Crippen LogP contribution in [0.2, 0.25) is 0 Å². The van der Waals surface area contributed by atoms with Crippen LogP contribution in [-0.2, 0) is 21.4 Å². The number of amides is 1. The number of ether oxygens (including phenoxy) is 1. The Hall–Kier alpha value is -3.07. The summed E-state index contributed by atoms with van der Waals surface area (Å²) in [6.45, 7) is 3.70. The molecule has 164 valence electrons. The summed E-state index contributed by atoms with van der Waals surface area (Å²) in [6.07, 6.45) is 3.12. The lowest BCUT2D eigenvalue weighted by atomic mass is 9.75. The summed E-state index contributed by atoms with van der Waals surface area (Å²) >= 11 is 0. The highest BCUT2D eigenvalue weighted by Crippen LogP contribution is 2.37. The largest absolute Gasteiger partial charge is 0.385 e. The van der Waals surface area contributed by atoms with Crippen molar-refractivity contribution in [3.63, 3.8) is 0 Å². The van der Waals surface area contributed by atoms with Gasteiger partial charge in [0, 0.05) is 57.6 Å². The molecule has 0 saturated carbocycles. The van der Waals surface area contributed by atoms with Crippen molar-refractivity contribution in [2.75, 3.05) is 26.8 Å². The number of likely N-dealkylation sites (tertiary alicyclic amines) is 1. The predicted octanol–water partition coefficient (Wildman–Crippen LogP) is 2.96. The molecule has 1 aliphatic heterocycles. The lowest BCUT2D eigenvalue weighted by molar-refractivity contribution is -0.133. The number of aryl methyl sites for hydroxylation is 2. The van der Waals surface area contributed by atoms with Crippen LogP contribution in [-0.4, -0.2) is 57.9 Å². The molecule has 0 N–H and O–H groups in total. The summed E-state index contributed by atoms with van der Waals surface area (Å²) in [7, 11) is 1.69. The van der Waals surface area contributed by atoms with Gasteiger partial charge in [-0.3, -0.25) is 4.79 Å². The number of methoxy groups -OCH3 is 1. The minimum absolute atomic E-state index is 0.0871. The number of nitrogens with zero attached hydrogens (tertiary/aromatic N) is 5. The van der Waals surface area contributed by atoms with Crippen molar-refractivity contribution < 1.29 is 18.6 Å². The summed E-state index contributed by atoms with van der Waals surface area (Å²) in [5.41, 5.74) is 0.672. The van der Waals surface area contributed by atoms with Crippen molar-refractivity contribution in [3.8, 4) is 11.4 Å². The molecule has 0 aliphatic carbocycles. The van der Waals surface area contributed by atoms with Crippen molar-refractivity contribution in [3.05, 3.63) is 47.9 Å². The number of rotatable bonds is 8. The number of aromatic nitrogens is 4. The molecule has 1 aliphatic rings. The Balaban J connectivity index is 1.33. The first-order valence-electron chi connectivity index (χ1n) is 10.6. The second-order valence-corrected chi connectivity index (χ2v) is 7.92. The van der Waals surface area contributed by atoms with Gasteiger partial charge in [0.25, 0.3) is 0 Å². The third-order valence-electron chi connectivity index (χ3n) is 5.91. The number of carbonyl (C=O) groups is 1. The van der Waals surface area contributed by atoms with Crippen LogP contribution < -0.4 is 0 Å². The predicted molar refractivity (Wildman–Crippen MR) is 111 cm³/mol. The van der Waals surface area contributed by atoms with Crippen LogP contribution in [0.5, 0.6) is 0 Å². The van der Waals surface area contributed by atoms with Crippen LogP contribution in [0, 0.1) is 6.92 Å². The van der Waals surface area contributed by atoms with Gasteiger partial charge >= 0.3 is 0 Å². The quantitative estimate of drug-likeness (QED) is 0.542. The molecule has 0 spiro atoms. The molecule has 3 aromatic rings. The zero-order chi connectivity index (χ0) is 21.7. The molecule has 9 nitrogen and oxygen atoms in total. The molecule has 1 fully saturated rings. The van der Waals surface area contributed by atoms with Crippen LogP contribution in [0.3, 0.4) is 0 Å². The zero-order valence-corrected chi connectivity index (χ0v) is 17.9. The van der Waals surface area contributed by atoms with E-state index >= 15 is 0 Å². The van der Waals surface area contributed by atoms with E-state index in [-0.39, 0.29) is 11.3 Å². The SMILES string of the molecule is COCCC1(c2noc(C)n2)CCN(C(=O)CCc2nc(-c3ccccc3)no2)CC1. The van der Waals surface area contributed by atoms with E-state index in [1.165, 1.54) is 0 Å². The molecule has 0 atom stereocenters. The first kappa shape index (κ1) is 21.2. The maximum atomic E-state index is 12.8. The average Bonchev–Trinajstić information content (AvgIpc) is 3.46. The van der Waals surface area contributed by atoms with E-state index in [1.807, 2.05) is 35.2 Å². The summed E-state index contributed by atoms with van der Waals surface area (Å²) < 4.78 is 15.8. The van der Waals surface area contributed by atoms with Crippen molar-refractivity contribution >= 4 is 5.91 Å². The van der Waals surface area contributed by atoms with Gasteiger partial charge in [-0.1, -0.05) is 40.6 Å². The normalized spacial score (nSPS) is 15.9. The minimum Gasteiger partial charge on any atom is -0.385 e. The molecule has 9 heteroatoms. The van der Waals surface area contributed by atoms with Gasteiger partial charge in [0.15, 0.2) is 5.82 Å². The summed E-state index contributed by atoms with van der Waals surface area (Å²) in [5, 5.41) is 8.18. The van der Waals surface area contributed by atoms with Gasteiger partial charge in [0.1, 0.15) is 0 Å². The monoisotopic (exact) mass is 425 g/mol. The fourth-order valence-electron chi connectivity index (χ4n) is 4.01. The third-order valence-corrected chi connectivity index (χ3v) is 5.91. The highest BCUT2D eigenvalue weighted by atomic mass is 16.5. The first-order chi connectivity index (χ1) is 15.1. The van der Waals surface area contributed by atoms with Gasteiger partial charge in [-0.25, -0.2) is 0 Å². The van der Waals surface area contributed by atoms with Crippen molar-refractivity contribution in [2.24, 2.45) is 0 Å². The van der Waals surface area contributed by atoms with E-state index in [0.717, 1.165) is 24.8 Å². The lowest BCUT2D eigenvalue weighted by Crippen LogP contribution is -2.46. The molecular weight excluding hydrogens is 398 g/mol. The van der Waals surface area contributed by atoms with E-state index < -0.39 is 0 Å². The van der Waals surface area contributed by atoms with Gasteiger partial charge < -0.3 is 18.7 Å². The van der Waals surface area contributed by atoms with Gasteiger partial charge in [-0.05, 0) is 19.3 Å². The van der Waals surface area contributed by atoms with Gasteiger partial charge in [-0.2, -0.15) is 9.97 Å². The first-order valence-corrected chi connectivity index (χ1v) is 10.6. The molecule has 0 radical (unpaired) electrons. The molecule has 1 aromatic carbocycles. The fourth-order valence-corrected chi connectivity index (χ4v) is 4.01.